The average Bonchev–Trinajstić information content (AvgIpc) is 3.06. The predicted octanol–water partition coefficient (Wildman–Crippen LogP) is 3.08. The van der Waals surface area contributed by atoms with Crippen molar-refractivity contribution in [3.63, 3.8) is 0 Å². The fourth-order valence-electron chi connectivity index (χ4n) is 3.43. The molecule has 18 heavy (non-hydrogen) atoms. The van der Waals surface area contributed by atoms with Gasteiger partial charge in [0.15, 0.2) is 0 Å². The first-order valence-corrected chi connectivity index (χ1v) is 7.04. The zero-order chi connectivity index (χ0) is 12.0. The molecule has 0 bridgehead atoms. The van der Waals surface area contributed by atoms with Crippen molar-refractivity contribution >= 4 is 10.9 Å². The van der Waals surface area contributed by atoms with Crippen LogP contribution in [0.2, 0.25) is 0 Å². The van der Waals surface area contributed by atoms with Crippen LogP contribution in [0, 0.1) is 0 Å². The molecule has 3 nitrogen and oxygen atoms in total. The van der Waals surface area contributed by atoms with E-state index in [9.17, 15) is 0 Å². The van der Waals surface area contributed by atoms with Crippen LogP contribution in [-0.4, -0.2) is 27.2 Å². The summed E-state index contributed by atoms with van der Waals surface area (Å²) in [7, 11) is 0. The number of likely N-dealkylation sites (tertiary alicyclic amines) is 1. The van der Waals surface area contributed by atoms with Gasteiger partial charge in [-0.25, -0.2) is 0 Å². The minimum absolute atomic E-state index is 0.560. The highest BCUT2D eigenvalue weighted by Crippen LogP contribution is 2.48. The van der Waals surface area contributed by atoms with Crippen LogP contribution < -0.4 is 0 Å². The highest BCUT2D eigenvalue weighted by atomic mass is 15.3. The topological polar surface area (TPSA) is 31.9 Å². The van der Waals surface area contributed by atoms with Crippen LogP contribution in [0.3, 0.4) is 0 Å². The number of nitrogens with zero attached hydrogens (tertiary/aromatic N) is 2. The molecule has 2 fully saturated rings. The van der Waals surface area contributed by atoms with Crippen LogP contribution in [0.4, 0.5) is 0 Å². The van der Waals surface area contributed by atoms with Gasteiger partial charge in [0.1, 0.15) is 0 Å². The van der Waals surface area contributed by atoms with Crippen LogP contribution in [0.5, 0.6) is 0 Å². The first kappa shape index (κ1) is 10.6. The number of hydrogen-bond acceptors (Lipinski definition) is 2. The lowest BCUT2D eigenvalue weighted by molar-refractivity contribution is 0.120. The van der Waals surface area contributed by atoms with Crippen molar-refractivity contribution in [1.29, 1.82) is 0 Å². The van der Waals surface area contributed by atoms with Crippen LogP contribution >= 0.6 is 0 Å². The fourth-order valence-corrected chi connectivity index (χ4v) is 3.43. The van der Waals surface area contributed by atoms with E-state index in [1.807, 2.05) is 0 Å². The quantitative estimate of drug-likeness (QED) is 0.876. The van der Waals surface area contributed by atoms with E-state index in [1.165, 1.54) is 49.7 Å². The second kappa shape index (κ2) is 3.82. The monoisotopic (exact) mass is 241 g/mol. The van der Waals surface area contributed by atoms with E-state index in [-0.39, 0.29) is 0 Å². The molecule has 1 saturated heterocycles. The van der Waals surface area contributed by atoms with Crippen molar-refractivity contribution in [3.8, 4) is 0 Å². The van der Waals surface area contributed by atoms with Gasteiger partial charge in [0.25, 0.3) is 0 Å². The number of hydrogen-bond donors (Lipinski definition) is 1. The molecule has 1 aromatic carbocycles. The highest BCUT2D eigenvalue weighted by molar-refractivity contribution is 5.81. The number of benzene rings is 1. The zero-order valence-electron chi connectivity index (χ0n) is 10.7. The number of nitrogens with one attached hydrogen (secondary N) is 1. The minimum atomic E-state index is 0.560. The summed E-state index contributed by atoms with van der Waals surface area (Å²) in [5, 5.41) is 8.93. The molecule has 1 spiro atoms. The molecule has 0 atom stereocenters. The second-order valence-corrected chi connectivity index (χ2v) is 5.82. The Labute approximate surface area is 107 Å². The normalized spacial score (nSPS) is 22.7. The second-order valence-electron chi connectivity index (χ2n) is 5.82. The van der Waals surface area contributed by atoms with Crippen molar-refractivity contribution < 1.29 is 0 Å². The smallest absolute Gasteiger partial charge is 0.0924 e. The van der Waals surface area contributed by atoms with Gasteiger partial charge in [-0.3, -0.25) is 10.00 Å². The van der Waals surface area contributed by atoms with Gasteiger partial charge in [-0.05, 0) is 38.3 Å². The van der Waals surface area contributed by atoms with Crippen molar-refractivity contribution in [2.24, 2.45) is 0 Å². The summed E-state index contributed by atoms with van der Waals surface area (Å²) in [5.41, 5.74) is 2.94. The molecule has 0 unspecified atom stereocenters. The summed E-state index contributed by atoms with van der Waals surface area (Å²) in [6.45, 7) is 2.30. The van der Waals surface area contributed by atoms with E-state index < -0.39 is 0 Å². The summed E-state index contributed by atoms with van der Waals surface area (Å²) in [5.74, 6) is 0. The van der Waals surface area contributed by atoms with Gasteiger partial charge >= 0.3 is 0 Å². The molecular weight excluding hydrogens is 222 g/mol. The third-order valence-electron chi connectivity index (χ3n) is 4.71. The van der Waals surface area contributed by atoms with E-state index in [1.54, 1.807) is 0 Å². The largest absolute Gasteiger partial charge is 0.292 e. The first-order valence-electron chi connectivity index (χ1n) is 7.04. The summed E-state index contributed by atoms with van der Waals surface area (Å²) in [6.07, 6.45) is 6.98. The van der Waals surface area contributed by atoms with Crippen LogP contribution in [0.1, 0.15) is 37.8 Å². The number of aromatic amines is 1. The van der Waals surface area contributed by atoms with Crippen molar-refractivity contribution in [2.45, 2.75) is 44.2 Å². The van der Waals surface area contributed by atoms with Gasteiger partial charge in [0.2, 0.25) is 0 Å². The maximum absolute atomic E-state index is 4.40. The number of piperidine rings is 1. The molecule has 1 saturated carbocycles. The van der Waals surface area contributed by atoms with Crippen molar-refractivity contribution in [2.75, 3.05) is 6.54 Å². The van der Waals surface area contributed by atoms with E-state index in [0.29, 0.717) is 5.54 Å². The standard InChI is InChI=1S/C15H19N3/c1-2-6-13-12(5-1)14(17-16-13)11-18-10-4-3-7-15(18)8-9-15/h1-2,5-6H,3-4,7-11H2,(H,16,17). The molecule has 2 aromatic rings. The third kappa shape index (κ3) is 1.57. The molecule has 2 aliphatic rings. The Balaban J connectivity index is 1.64. The van der Waals surface area contributed by atoms with E-state index in [0.717, 1.165) is 12.1 Å². The first-order chi connectivity index (χ1) is 8.87. The molecular formula is C15H19N3. The van der Waals surface area contributed by atoms with Crippen LogP contribution in [-0.2, 0) is 6.54 Å². The Morgan fingerprint density at radius 3 is 2.94 bits per heavy atom. The average molecular weight is 241 g/mol. The van der Waals surface area contributed by atoms with Gasteiger partial charge in [-0.15, -0.1) is 0 Å². The lowest BCUT2D eigenvalue weighted by Crippen LogP contribution is -2.40. The molecule has 1 aromatic heterocycles. The lowest BCUT2D eigenvalue weighted by Gasteiger charge is -2.35. The molecule has 0 radical (unpaired) electrons. The summed E-state index contributed by atoms with van der Waals surface area (Å²) in [4.78, 5) is 2.69. The minimum Gasteiger partial charge on any atom is -0.292 e. The summed E-state index contributed by atoms with van der Waals surface area (Å²) in [6, 6.07) is 8.41. The summed E-state index contributed by atoms with van der Waals surface area (Å²) < 4.78 is 0. The Bertz CT molecular complexity index is 568. The molecule has 1 N–H and O–H groups in total. The predicted molar refractivity (Wildman–Crippen MR) is 72.3 cm³/mol. The molecule has 1 aliphatic heterocycles. The summed E-state index contributed by atoms with van der Waals surface area (Å²) >= 11 is 0. The van der Waals surface area contributed by atoms with Crippen LogP contribution in [0.25, 0.3) is 10.9 Å². The highest BCUT2D eigenvalue weighted by Gasteiger charge is 2.48. The number of aromatic nitrogens is 2. The molecule has 1 aliphatic carbocycles. The van der Waals surface area contributed by atoms with E-state index >= 15 is 0 Å². The van der Waals surface area contributed by atoms with Gasteiger partial charge in [-0.1, -0.05) is 24.6 Å². The molecule has 3 heteroatoms. The maximum Gasteiger partial charge on any atom is 0.0924 e. The Kier molecular flexibility index (Phi) is 2.24. The van der Waals surface area contributed by atoms with Gasteiger partial charge in [-0.2, -0.15) is 5.10 Å². The number of fused-ring (bicyclic) bond motifs is 1. The molecule has 4 rings (SSSR count). The van der Waals surface area contributed by atoms with Gasteiger partial charge in [0.05, 0.1) is 11.2 Å². The number of para-hydroxylation sites is 1. The Hall–Kier alpha value is -1.35. The van der Waals surface area contributed by atoms with E-state index in [4.69, 9.17) is 0 Å². The lowest BCUT2D eigenvalue weighted by atomic mass is 9.99. The molecule has 0 amide bonds. The number of H-pyrrole nitrogens is 1. The molecule has 94 valence electrons. The Morgan fingerprint density at radius 1 is 1.17 bits per heavy atom. The number of rotatable bonds is 2. The Morgan fingerprint density at radius 2 is 2.06 bits per heavy atom. The fraction of sp³-hybridized carbons (Fsp3) is 0.533. The van der Waals surface area contributed by atoms with Crippen molar-refractivity contribution in [1.82, 2.24) is 15.1 Å². The third-order valence-corrected chi connectivity index (χ3v) is 4.71. The van der Waals surface area contributed by atoms with E-state index in [2.05, 4.69) is 39.4 Å². The molecule has 2 heterocycles. The SMILES string of the molecule is c1ccc2c(CN3CCCCC34CC4)[nH]nc2c1. The maximum atomic E-state index is 4.40. The zero-order valence-corrected chi connectivity index (χ0v) is 10.7. The van der Waals surface area contributed by atoms with Crippen molar-refractivity contribution in [3.05, 3.63) is 30.0 Å². The van der Waals surface area contributed by atoms with Gasteiger partial charge < -0.3 is 0 Å². The van der Waals surface area contributed by atoms with Gasteiger partial charge in [0, 0.05) is 17.5 Å². The van der Waals surface area contributed by atoms with Crippen LogP contribution in [0.15, 0.2) is 24.3 Å².